The largest absolute Gasteiger partial charge is 0.416 e. The summed E-state index contributed by atoms with van der Waals surface area (Å²) < 4.78 is 40.3. The van der Waals surface area contributed by atoms with Crippen molar-refractivity contribution in [1.82, 2.24) is 4.90 Å². The second kappa shape index (κ2) is 7.55. The molecule has 3 heterocycles. The van der Waals surface area contributed by atoms with Crippen molar-refractivity contribution in [3.05, 3.63) is 48.0 Å². The lowest BCUT2D eigenvalue weighted by atomic mass is 9.83. The molecule has 2 fully saturated rings. The second-order valence-electron chi connectivity index (χ2n) is 8.36. The minimum absolute atomic E-state index is 0.489. The van der Waals surface area contributed by atoms with E-state index < -0.39 is 11.7 Å². The molecule has 2 saturated heterocycles. The minimum Gasteiger partial charge on any atom is -0.339 e. The first kappa shape index (κ1) is 19.3. The van der Waals surface area contributed by atoms with E-state index in [-0.39, 0.29) is 0 Å². The fraction of sp³-hybridized carbons (Fsp3) is 0.478. The number of alkyl halides is 3. The molecule has 3 aliphatic heterocycles. The molecule has 2 aromatic rings. The van der Waals surface area contributed by atoms with Gasteiger partial charge in [-0.15, -0.1) is 0 Å². The van der Waals surface area contributed by atoms with Crippen LogP contribution in [0.5, 0.6) is 0 Å². The topological polar surface area (TPSA) is 6.48 Å². The van der Waals surface area contributed by atoms with Gasteiger partial charge in [0.15, 0.2) is 0 Å². The second-order valence-corrected chi connectivity index (χ2v) is 9.45. The quantitative estimate of drug-likeness (QED) is 0.544. The number of piperidine rings is 2. The van der Waals surface area contributed by atoms with Gasteiger partial charge in [0.2, 0.25) is 0 Å². The molecule has 2 nitrogen and oxygen atoms in total. The van der Waals surface area contributed by atoms with Crippen LogP contribution >= 0.6 is 11.8 Å². The highest BCUT2D eigenvalue weighted by molar-refractivity contribution is 7.99. The molecule has 0 unspecified atom stereocenters. The monoisotopic (exact) mass is 418 g/mol. The summed E-state index contributed by atoms with van der Waals surface area (Å²) >= 11 is 1.57. The Balaban J connectivity index is 1.53. The van der Waals surface area contributed by atoms with E-state index in [2.05, 4.69) is 15.9 Å². The number of fused-ring (bicyclic) bond motifs is 3. The Labute approximate surface area is 174 Å². The van der Waals surface area contributed by atoms with E-state index in [0.29, 0.717) is 17.6 Å². The minimum atomic E-state index is -4.33. The van der Waals surface area contributed by atoms with Crippen LogP contribution in [-0.2, 0) is 6.18 Å². The Morgan fingerprint density at radius 3 is 2.55 bits per heavy atom. The summed E-state index contributed by atoms with van der Waals surface area (Å²) in [5.41, 5.74) is 1.18. The highest BCUT2D eigenvalue weighted by Gasteiger charge is 2.37. The van der Waals surface area contributed by atoms with Crippen LogP contribution in [0.25, 0.3) is 0 Å². The van der Waals surface area contributed by atoms with Gasteiger partial charge in [0.05, 0.1) is 16.9 Å². The summed E-state index contributed by atoms with van der Waals surface area (Å²) in [5.74, 6) is 0.489. The molecule has 0 spiro atoms. The lowest BCUT2D eigenvalue weighted by molar-refractivity contribution is -0.137. The summed E-state index contributed by atoms with van der Waals surface area (Å²) in [6, 6.07) is 12.9. The first-order valence-corrected chi connectivity index (χ1v) is 11.3. The third-order valence-electron chi connectivity index (χ3n) is 6.60. The van der Waals surface area contributed by atoms with Crippen molar-refractivity contribution in [2.75, 3.05) is 24.5 Å². The van der Waals surface area contributed by atoms with Crippen LogP contribution < -0.4 is 4.90 Å². The van der Waals surface area contributed by atoms with Gasteiger partial charge in [-0.2, -0.15) is 13.2 Å². The summed E-state index contributed by atoms with van der Waals surface area (Å²) in [5, 5.41) is 0. The van der Waals surface area contributed by atoms with Gasteiger partial charge in [-0.3, -0.25) is 0 Å². The van der Waals surface area contributed by atoms with E-state index in [1.54, 1.807) is 17.8 Å². The Hall–Kier alpha value is -1.66. The number of hydrogen-bond acceptors (Lipinski definition) is 3. The fourth-order valence-electron chi connectivity index (χ4n) is 5.23. The van der Waals surface area contributed by atoms with Crippen molar-refractivity contribution in [2.45, 2.75) is 54.1 Å². The molecule has 154 valence electrons. The van der Waals surface area contributed by atoms with E-state index >= 15 is 0 Å². The average Bonchev–Trinajstić information content (AvgIpc) is 2.73. The van der Waals surface area contributed by atoms with Crippen LogP contribution in [0.15, 0.2) is 52.3 Å². The average molecular weight is 419 g/mol. The summed E-state index contributed by atoms with van der Waals surface area (Å²) in [7, 11) is 0. The Kier molecular flexibility index (Phi) is 5.03. The Morgan fingerprint density at radius 2 is 1.69 bits per heavy atom. The number of anilines is 2. The predicted octanol–water partition coefficient (Wildman–Crippen LogP) is 6.57. The van der Waals surface area contributed by atoms with Gasteiger partial charge in [0.25, 0.3) is 0 Å². The van der Waals surface area contributed by atoms with E-state index in [1.807, 2.05) is 18.2 Å². The smallest absolute Gasteiger partial charge is 0.339 e. The molecule has 0 N–H and O–H groups in total. The zero-order valence-electron chi connectivity index (χ0n) is 16.3. The van der Waals surface area contributed by atoms with Crippen LogP contribution in [0.3, 0.4) is 0 Å². The van der Waals surface area contributed by atoms with Gasteiger partial charge in [-0.05, 0) is 75.0 Å². The molecule has 3 aliphatic rings. The SMILES string of the molecule is FC(F)(F)c1ccc2c(c1)N(C[C@H]1CCCN3CCCC[C@H]13)c1ccccc1S2. The number of rotatable bonds is 2. The number of halogens is 3. The summed E-state index contributed by atoms with van der Waals surface area (Å²) in [6.45, 7) is 3.12. The third-order valence-corrected chi connectivity index (χ3v) is 7.73. The van der Waals surface area contributed by atoms with Gasteiger partial charge >= 0.3 is 6.18 Å². The van der Waals surface area contributed by atoms with E-state index in [9.17, 15) is 13.2 Å². The molecule has 0 bridgehead atoms. The van der Waals surface area contributed by atoms with Crippen molar-refractivity contribution >= 4 is 23.1 Å². The van der Waals surface area contributed by atoms with E-state index in [0.717, 1.165) is 28.4 Å². The normalized spacial score (nSPS) is 24.6. The third kappa shape index (κ3) is 3.66. The molecule has 29 heavy (non-hydrogen) atoms. The highest BCUT2D eigenvalue weighted by Crippen LogP contribution is 2.50. The maximum Gasteiger partial charge on any atom is 0.416 e. The van der Waals surface area contributed by atoms with Gasteiger partial charge < -0.3 is 9.80 Å². The van der Waals surface area contributed by atoms with Crippen LogP contribution in [0, 0.1) is 5.92 Å². The molecule has 5 rings (SSSR count). The maximum atomic E-state index is 13.4. The molecule has 0 aliphatic carbocycles. The number of para-hydroxylation sites is 1. The lowest BCUT2D eigenvalue weighted by Gasteiger charge is -2.46. The summed E-state index contributed by atoms with van der Waals surface area (Å²) in [4.78, 5) is 6.82. The highest BCUT2D eigenvalue weighted by atomic mass is 32.2. The van der Waals surface area contributed by atoms with Gasteiger partial charge in [0, 0.05) is 22.4 Å². The molecule has 0 radical (unpaired) electrons. The maximum absolute atomic E-state index is 13.4. The van der Waals surface area contributed by atoms with Gasteiger partial charge in [-0.25, -0.2) is 0 Å². The first-order chi connectivity index (χ1) is 14.0. The van der Waals surface area contributed by atoms with Crippen molar-refractivity contribution in [3.63, 3.8) is 0 Å². The standard InChI is InChI=1S/C23H25F3N2S/c24-23(25,26)17-10-11-22-20(14-17)28(19-8-1-2-9-21(19)29-22)15-16-6-5-13-27-12-4-3-7-18(16)27/h1-2,8-11,14,16,18H,3-7,12-13,15H2/t16-,18-/m1/s1. The van der Waals surface area contributed by atoms with Crippen molar-refractivity contribution in [3.8, 4) is 0 Å². The summed E-state index contributed by atoms with van der Waals surface area (Å²) in [6.07, 6.45) is 1.75. The van der Waals surface area contributed by atoms with Crippen molar-refractivity contribution < 1.29 is 13.2 Å². The van der Waals surface area contributed by atoms with Gasteiger partial charge in [-0.1, -0.05) is 30.3 Å². The molecule has 6 heteroatoms. The van der Waals surface area contributed by atoms with Crippen LogP contribution in [0.2, 0.25) is 0 Å². The number of nitrogens with zero attached hydrogens (tertiary/aromatic N) is 2. The molecule has 2 aromatic carbocycles. The van der Waals surface area contributed by atoms with Gasteiger partial charge in [0.1, 0.15) is 0 Å². The molecule has 0 amide bonds. The fourth-order valence-corrected chi connectivity index (χ4v) is 6.30. The Morgan fingerprint density at radius 1 is 0.897 bits per heavy atom. The number of hydrogen-bond donors (Lipinski definition) is 0. The predicted molar refractivity (Wildman–Crippen MR) is 111 cm³/mol. The lowest BCUT2D eigenvalue weighted by Crippen LogP contribution is -2.50. The van der Waals surface area contributed by atoms with Crippen LogP contribution in [0.4, 0.5) is 24.5 Å². The van der Waals surface area contributed by atoms with Crippen LogP contribution in [0.1, 0.15) is 37.7 Å². The first-order valence-electron chi connectivity index (χ1n) is 10.5. The molecular weight excluding hydrogens is 393 g/mol. The Bertz CT molecular complexity index is 896. The van der Waals surface area contributed by atoms with Crippen molar-refractivity contribution in [1.29, 1.82) is 0 Å². The zero-order valence-corrected chi connectivity index (χ0v) is 17.1. The molecule has 2 atom stereocenters. The van der Waals surface area contributed by atoms with Crippen molar-refractivity contribution in [2.24, 2.45) is 5.92 Å². The van der Waals surface area contributed by atoms with Crippen LogP contribution in [-0.4, -0.2) is 30.6 Å². The van der Waals surface area contributed by atoms with E-state index in [1.165, 1.54) is 50.9 Å². The zero-order chi connectivity index (χ0) is 20.0. The molecule has 0 aromatic heterocycles. The molecular formula is C23H25F3N2S. The van der Waals surface area contributed by atoms with E-state index in [4.69, 9.17) is 0 Å². The molecule has 0 saturated carbocycles. The number of benzene rings is 2.